The number of methoxy groups -OCH3 is 1. The summed E-state index contributed by atoms with van der Waals surface area (Å²) >= 11 is 1.20. The third kappa shape index (κ3) is 1.92. The standard InChI is InChI=1S/C7H13N3OS/c1-4(2)5(11-3)6-9-7(8)12-10-6/h4-5H,1-3H3,(H2,8,9,10). The van der Waals surface area contributed by atoms with Gasteiger partial charge in [0, 0.05) is 18.6 Å². The van der Waals surface area contributed by atoms with Gasteiger partial charge in [0.15, 0.2) is 11.0 Å². The van der Waals surface area contributed by atoms with E-state index in [1.807, 2.05) is 0 Å². The molecule has 0 saturated heterocycles. The number of aromatic nitrogens is 2. The van der Waals surface area contributed by atoms with Crippen LogP contribution in [0.4, 0.5) is 5.13 Å². The highest BCUT2D eigenvalue weighted by Gasteiger charge is 2.19. The van der Waals surface area contributed by atoms with Crippen LogP contribution < -0.4 is 5.73 Å². The van der Waals surface area contributed by atoms with Crippen LogP contribution in [0, 0.1) is 5.92 Å². The molecule has 1 unspecified atom stereocenters. The lowest BCUT2D eigenvalue weighted by Crippen LogP contribution is -2.10. The molecule has 1 aromatic heterocycles. The molecule has 0 fully saturated rings. The maximum absolute atomic E-state index is 5.46. The quantitative estimate of drug-likeness (QED) is 0.778. The third-order valence-electron chi connectivity index (χ3n) is 1.57. The van der Waals surface area contributed by atoms with Gasteiger partial charge in [-0.2, -0.15) is 4.37 Å². The maximum Gasteiger partial charge on any atom is 0.200 e. The second-order valence-corrected chi connectivity index (χ2v) is 3.67. The topological polar surface area (TPSA) is 61.0 Å². The zero-order chi connectivity index (χ0) is 9.14. The van der Waals surface area contributed by atoms with E-state index in [9.17, 15) is 0 Å². The minimum Gasteiger partial charge on any atom is -0.374 e. The number of hydrogen-bond acceptors (Lipinski definition) is 5. The first-order valence-electron chi connectivity index (χ1n) is 3.77. The summed E-state index contributed by atoms with van der Waals surface area (Å²) < 4.78 is 9.33. The van der Waals surface area contributed by atoms with Crippen molar-refractivity contribution in [1.82, 2.24) is 9.36 Å². The minimum absolute atomic E-state index is 0.0430. The van der Waals surface area contributed by atoms with Crippen molar-refractivity contribution in [2.45, 2.75) is 20.0 Å². The number of anilines is 1. The molecule has 0 saturated carbocycles. The van der Waals surface area contributed by atoms with E-state index >= 15 is 0 Å². The van der Waals surface area contributed by atoms with Crippen molar-refractivity contribution in [3.8, 4) is 0 Å². The molecule has 4 nitrogen and oxygen atoms in total. The predicted octanol–water partition coefficient (Wildman–Crippen LogP) is 1.46. The number of rotatable bonds is 3. The Bertz CT molecular complexity index is 249. The van der Waals surface area contributed by atoms with Crippen LogP contribution in [0.15, 0.2) is 0 Å². The average molecular weight is 187 g/mol. The molecule has 0 aliphatic rings. The normalized spacial score (nSPS) is 13.7. The molecule has 68 valence electrons. The summed E-state index contributed by atoms with van der Waals surface area (Å²) in [6.45, 7) is 4.12. The van der Waals surface area contributed by atoms with E-state index in [0.29, 0.717) is 16.9 Å². The van der Waals surface area contributed by atoms with Gasteiger partial charge in [-0.3, -0.25) is 0 Å². The van der Waals surface area contributed by atoms with Gasteiger partial charge in [-0.15, -0.1) is 0 Å². The molecule has 1 heterocycles. The van der Waals surface area contributed by atoms with E-state index in [-0.39, 0.29) is 6.10 Å². The molecule has 0 radical (unpaired) electrons. The molecule has 0 aliphatic heterocycles. The average Bonchev–Trinajstić information content (AvgIpc) is 2.37. The highest BCUT2D eigenvalue weighted by molar-refractivity contribution is 7.09. The van der Waals surface area contributed by atoms with E-state index < -0.39 is 0 Å². The predicted molar refractivity (Wildman–Crippen MR) is 48.9 cm³/mol. The van der Waals surface area contributed by atoms with Crippen molar-refractivity contribution < 1.29 is 4.74 Å². The number of nitrogen functional groups attached to an aromatic ring is 1. The number of hydrogen-bond donors (Lipinski definition) is 1. The van der Waals surface area contributed by atoms with Gasteiger partial charge in [0.05, 0.1) is 0 Å². The molecule has 1 aromatic rings. The smallest absolute Gasteiger partial charge is 0.200 e. The molecule has 0 aromatic carbocycles. The van der Waals surface area contributed by atoms with Crippen LogP contribution in [-0.2, 0) is 4.74 Å². The third-order valence-corrected chi connectivity index (χ3v) is 2.13. The summed E-state index contributed by atoms with van der Waals surface area (Å²) in [5.41, 5.74) is 5.46. The minimum atomic E-state index is -0.0430. The fraction of sp³-hybridized carbons (Fsp3) is 0.714. The van der Waals surface area contributed by atoms with E-state index in [2.05, 4.69) is 23.2 Å². The molecule has 5 heteroatoms. The molecule has 1 rings (SSSR count). The molecule has 0 amide bonds. The van der Waals surface area contributed by atoms with E-state index in [1.165, 1.54) is 11.5 Å². The van der Waals surface area contributed by atoms with Crippen LogP contribution >= 0.6 is 11.5 Å². The zero-order valence-electron chi connectivity index (χ0n) is 7.44. The number of nitrogens with two attached hydrogens (primary N) is 1. The number of nitrogens with zero attached hydrogens (tertiary/aromatic N) is 2. The van der Waals surface area contributed by atoms with Crippen LogP contribution in [0.5, 0.6) is 0 Å². The van der Waals surface area contributed by atoms with Crippen LogP contribution in [0.25, 0.3) is 0 Å². The van der Waals surface area contributed by atoms with Crippen molar-refractivity contribution in [2.24, 2.45) is 5.92 Å². The van der Waals surface area contributed by atoms with Crippen LogP contribution in [-0.4, -0.2) is 16.5 Å². The molecular formula is C7H13N3OS. The fourth-order valence-corrected chi connectivity index (χ4v) is 1.50. The first-order chi connectivity index (χ1) is 5.65. The van der Waals surface area contributed by atoms with Gasteiger partial charge >= 0.3 is 0 Å². The first-order valence-corrected chi connectivity index (χ1v) is 4.54. The van der Waals surface area contributed by atoms with E-state index in [4.69, 9.17) is 10.5 Å². The fourth-order valence-electron chi connectivity index (χ4n) is 1.04. The van der Waals surface area contributed by atoms with Crippen LogP contribution in [0.2, 0.25) is 0 Å². The van der Waals surface area contributed by atoms with Gasteiger partial charge < -0.3 is 10.5 Å². The number of ether oxygens (including phenoxy) is 1. The Morgan fingerprint density at radius 3 is 2.50 bits per heavy atom. The lowest BCUT2D eigenvalue weighted by molar-refractivity contribution is 0.0585. The molecule has 0 aliphatic carbocycles. The maximum atomic E-state index is 5.46. The first kappa shape index (κ1) is 9.41. The lowest BCUT2D eigenvalue weighted by atomic mass is 10.1. The van der Waals surface area contributed by atoms with Crippen molar-refractivity contribution in [2.75, 3.05) is 12.8 Å². The van der Waals surface area contributed by atoms with Gasteiger partial charge in [-0.05, 0) is 5.92 Å². The van der Waals surface area contributed by atoms with Crippen LogP contribution in [0.1, 0.15) is 25.8 Å². The summed E-state index contributed by atoms with van der Waals surface area (Å²) in [6.07, 6.45) is -0.0430. The second kappa shape index (κ2) is 3.82. The summed E-state index contributed by atoms with van der Waals surface area (Å²) in [5, 5.41) is 0.493. The SMILES string of the molecule is COC(c1nsc(N)n1)C(C)C. The van der Waals surface area contributed by atoms with Crippen molar-refractivity contribution in [3.63, 3.8) is 0 Å². The molecule has 2 N–H and O–H groups in total. The van der Waals surface area contributed by atoms with E-state index in [0.717, 1.165) is 0 Å². The summed E-state index contributed by atoms with van der Waals surface area (Å²) in [5.74, 6) is 1.05. The van der Waals surface area contributed by atoms with Crippen LogP contribution in [0.3, 0.4) is 0 Å². The second-order valence-electron chi connectivity index (χ2n) is 2.89. The van der Waals surface area contributed by atoms with Crippen molar-refractivity contribution in [3.05, 3.63) is 5.82 Å². The molecule has 12 heavy (non-hydrogen) atoms. The highest BCUT2D eigenvalue weighted by atomic mass is 32.1. The van der Waals surface area contributed by atoms with E-state index in [1.54, 1.807) is 7.11 Å². The summed E-state index contributed by atoms with van der Waals surface area (Å²) in [7, 11) is 1.65. The molecular weight excluding hydrogens is 174 g/mol. The van der Waals surface area contributed by atoms with Crippen molar-refractivity contribution in [1.29, 1.82) is 0 Å². The Morgan fingerprint density at radius 2 is 2.17 bits per heavy atom. The molecule has 0 bridgehead atoms. The summed E-state index contributed by atoms with van der Waals surface area (Å²) in [4.78, 5) is 4.06. The Morgan fingerprint density at radius 1 is 1.50 bits per heavy atom. The Hall–Kier alpha value is -0.680. The zero-order valence-corrected chi connectivity index (χ0v) is 8.26. The monoisotopic (exact) mass is 187 g/mol. The highest BCUT2D eigenvalue weighted by Crippen LogP contribution is 2.23. The Balaban J connectivity index is 2.80. The Kier molecular flexibility index (Phi) is 2.99. The summed E-state index contributed by atoms with van der Waals surface area (Å²) in [6, 6.07) is 0. The molecule has 0 spiro atoms. The Labute approximate surface area is 75.9 Å². The van der Waals surface area contributed by atoms with Gasteiger partial charge in [-0.1, -0.05) is 13.8 Å². The van der Waals surface area contributed by atoms with Gasteiger partial charge in [0.25, 0.3) is 0 Å². The lowest BCUT2D eigenvalue weighted by Gasteiger charge is -2.14. The van der Waals surface area contributed by atoms with Crippen molar-refractivity contribution >= 4 is 16.7 Å². The van der Waals surface area contributed by atoms with Gasteiger partial charge in [-0.25, -0.2) is 4.98 Å². The van der Waals surface area contributed by atoms with Gasteiger partial charge in [0.2, 0.25) is 0 Å². The largest absolute Gasteiger partial charge is 0.374 e. The van der Waals surface area contributed by atoms with Gasteiger partial charge in [0.1, 0.15) is 6.10 Å². The molecule has 1 atom stereocenters.